The van der Waals surface area contributed by atoms with Crippen LogP contribution in [0.5, 0.6) is 0 Å². The lowest BCUT2D eigenvalue weighted by Crippen LogP contribution is -2.54. The fourth-order valence-corrected chi connectivity index (χ4v) is 6.23. The fourth-order valence-electron chi connectivity index (χ4n) is 4.60. The van der Waals surface area contributed by atoms with Gasteiger partial charge in [0.1, 0.15) is 18.4 Å². The average Bonchev–Trinajstić information content (AvgIpc) is 2.99. The topological polar surface area (TPSA) is 86.8 Å². The van der Waals surface area contributed by atoms with Crippen molar-refractivity contribution in [3.63, 3.8) is 0 Å². The summed E-state index contributed by atoms with van der Waals surface area (Å²) in [6.07, 6.45) is 0.178. The number of benzene rings is 4. The Morgan fingerprint density at radius 2 is 1.42 bits per heavy atom. The molecule has 1 N–H and O–H groups in total. The number of nitrogens with one attached hydrogen (secondary N) is 1. The average molecular weight is 622 g/mol. The van der Waals surface area contributed by atoms with Crippen molar-refractivity contribution in [3.8, 4) is 0 Å². The molecule has 0 saturated heterocycles. The van der Waals surface area contributed by atoms with Crippen LogP contribution in [0, 0.1) is 5.82 Å². The molecule has 0 aromatic heterocycles. The SMILES string of the molecule is CC(C)NC(=O)[C@@H](Cc1ccccc1)N(Cc1ccccc1Cl)C(=O)CN(c1ccc(F)cc1)S(=O)(=O)c1ccccc1. The van der Waals surface area contributed by atoms with Gasteiger partial charge in [0.15, 0.2) is 0 Å². The van der Waals surface area contributed by atoms with E-state index < -0.39 is 40.2 Å². The Bertz CT molecular complexity index is 1640. The maximum Gasteiger partial charge on any atom is 0.264 e. The molecule has 0 fully saturated rings. The molecule has 7 nitrogen and oxygen atoms in total. The highest BCUT2D eigenvalue weighted by Gasteiger charge is 2.35. The van der Waals surface area contributed by atoms with Crippen LogP contribution in [0.15, 0.2) is 114 Å². The summed E-state index contributed by atoms with van der Waals surface area (Å²) in [6, 6.07) is 27.6. The maximum absolute atomic E-state index is 14.3. The summed E-state index contributed by atoms with van der Waals surface area (Å²) >= 11 is 6.49. The normalized spacial score (nSPS) is 12.0. The van der Waals surface area contributed by atoms with E-state index in [1.807, 2.05) is 44.2 Å². The van der Waals surface area contributed by atoms with Crippen LogP contribution in [-0.2, 0) is 32.6 Å². The standard InChI is InChI=1S/C33H33ClFN3O4S/c1-24(2)36-33(40)31(21-25-11-5-3-6-12-25)37(22-26-13-9-10-16-30(26)34)32(39)23-38(28-19-17-27(35)18-20-28)43(41,42)29-14-7-4-8-15-29/h3-20,24,31H,21-23H2,1-2H3,(H,36,40)/t31-/m1/s1. The van der Waals surface area contributed by atoms with Gasteiger partial charge in [0.25, 0.3) is 10.0 Å². The summed E-state index contributed by atoms with van der Waals surface area (Å²) < 4.78 is 42.6. The maximum atomic E-state index is 14.3. The molecule has 0 saturated carbocycles. The van der Waals surface area contributed by atoms with Gasteiger partial charge >= 0.3 is 0 Å². The van der Waals surface area contributed by atoms with Crippen molar-refractivity contribution in [3.05, 3.63) is 131 Å². The number of rotatable bonds is 12. The summed E-state index contributed by atoms with van der Waals surface area (Å²) in [5.74, 6) is -1.58. The van der Waals surface area contributed by atoms with Crippen molar-refractivity contribution in [1.82, 2.24) is 10.2 Å². The minimum absolute atomic E-state index is 0.0387. The van der Waals surface area contributed by atoms with E-state index in [2.05, 4.69) is 5.32 Å². The van der Waals surface area contributed by atoms with Gasteiger partial charge in [0, 0.05) is 24.0 Å². The number of halogens is 2. The van der Waals surface area contributed by atoms with Crippen molar-refractivity contribution < 1.29 is 22.4 Å². The Morgan fingerprint density at radius 1 is 0.837 bits per heavy atom. The van der Waals surface area contributed by atoms with Crippen LogP contribution in [0.25, 0.3) is 0 Å². The Labute approximate surface area is 257 Å². The molecule has 0 aliphatic rings. The zero-order valence-corrected chi connectivity index (χ0v) is 25.4. The molecule has 2 amide bonds. The predicted molar refractivity (Wildman–Crippen MR) is 167 cm³/mol. The van der Waals surface area contributed by atoms with Crippen molar-refractivity contribution >= 4 is 39.1 Å². The second-order valence-corrected chi connectivity index (χ2v) is 12.6. The number of amides is 2. The van der Waals surface area contributed by atoms with Gasteiger partial charge in [-0.15, -0.1) is 0 Å². The number of carbonyl (C=O) groups excluding carboxylic acids is 2. The van der Waals surface area contributed by atoms with Gasteiger partial charge in [-0.25, -0.2) is 12.8 Å². The first-order chi connectivity index (χ1) is 20.6. The Kier molecular flexibility index (Phi) is 10.6. The highest BCUT2D eigenvalue weighted by atomic mass is 35.5. The van der Waals surface area contributed by atoms with Crippen molar-refractivity contribution in [1.29, 1.82) is 0 Å². The lowest BCUT2D eigenvalue weighted by atomic mass is 10.0. The summed E-state index contributed by atoms with van der Waals surface area (Å²) in [7, 11) is -4.26. The molecule has 4 aromatic carbocycles. The number of hydrogen-bond donors (Lipinski definition) is 1. The highest BCUT2D eigenvalue weighted by molar-refractivity contribution is 7.92. The van der Waals surface area contributed by atoms with Crippen LogP contribution in [0.2, 0.25) is 5.02 Å². The number of carbonyl (C=O) groups is 2. The zero-order valence-electron chi connectivity index (χ0n) is 23.9. The van der Waals surface area contributed by atoms with Crippen LogP contribution in [0.3, 0.4) is 0 Å². The number of sulfonamides is 1. The smallest absolute Gasteiger partial charge is 0.264 e. The Hall–Kier alpha value is -4.21. The van der Waals surface area contributed by atoms with Crippen LogP contribution in [0.4, 0.5) is 10.1 Å². The molecule has 1 atom stereocenters. The van der Waals surface area contributed by atoms with E-state index in [0.29, 0.717) is 10.6 Å². The second-order valence-electron chi connectivity index (χ2n) is 10.3. The second kappa shape index (κ2) is 14.3. The summed E-state index contributed by atoms with van der Waals surface area (Å²) in [5, 5.41) is 3.31. The molecule has 0 radical (unpaired) electrons. The van der Waals surface area contributed by atoms with Gasteiger partial charge in [0.2, 0.25) is 11.8 Å². The molecule has 0 unspecified atom stereocenters. The quantitative estimate of drug-likeness (QED) is 0.215. The number of anilines is 1. The van der Waals surface area contributed by atoms with Gasteiger partial charge in [-0.2, -0.15) is 0 Å². The van der Waals surface area contributed by atoms with Crippen LogP contribution < -0.4 is 9.62 Å². The third-order valence-corrected chi connectivity index (χ3v) is 8.88. The first-order valence-corrected chi connectivity index (χ1v) is 15.6. The minimum atomic E-state index is -4.26. The summed E-state index contributed by atoms with van der Waals surface area (Å²) in [4.78, 5) is 29.3. The van der Waals surface area contributed by atoms with Gasteiger partial charge in [-0.05, 0) is 67.4 Å². The van der Waals surface area contributed by atoms with E-state index in [4.69, 9.17) is 11.6 Å². The molecule has 0 aliphatic carbocycles. The fraction of sp³-hybridized carbons (Fsp3) is 0.212. The number of nitrogens with zero attached hydrogens (tertiary/aromatic N) is 2. The monoisotopic (exact) mass is 621 g/mol. The van der Waals surface area contributed by atoms with Crippen molar-refractivity contribution in [2.75, 3.05) is 10.8 Å². The molecule has 43 heavy (non-hydrogen) atoms. The first kappa shape index (κ1) is 31.7. The zero-order chi connectivity index (χ0) is 31.0. The molecule has 0 spiro atoms. The molecule has 0 aliphatic heterocycles. The van der Waals surface area contributed by atoms with Crippen LogP contribution >= 0.6 is 11.6 Å². The molecular formula is C33H33ClFN3O4S. The molecule has 224 valence electrons. The highest BCUT2D eigenvalue weighted by Crippen LogP contribution is 2.26. The molecule has 0 bridgehead atoms. The summed E-state index contributed by atoms with van der Waals surface area (Å²) in [5.41, 5.74) is 1.50. The first-order valence-electron chi connectivity index (χ1n) is 13.8. The lowest BCUT2D eigenvalue weighted by molar-refractivity contribution is -0.140. The van der Waals surface area contributed by atoms with E-state index in [0.717, 1.165) is 22.0 Å². The van der Waals surface area contributed by atoms with Crippen molar-refractivity contribution in [2.24, 2.45) is 0 Å². The van der Waals surface area contributed by atoms with E-state index in [1.54, 1.807) is 42.5 Å². The number of hydrogen-bond acceptors (Lipinski definition) is 4. The van der Waals surface area contributed by atoms with E-state index in [1.165, 1.54) is 29.2 Å². The lowest BCUT2D eigenvalue weighted by Gasteiger charge is -2.34. The Balaban J connectivity index is 1.80. The molecule has 0 heterocycles. The van der Waals surface area contributed by atoms with Crippen LogP contribution in [-0.4, -0.2) is 43.8 Å². The van der Waals surface area contributed by atoms with Crippen LogP contribution in [0.1, 0.15) is 25.0 Å². The molecule has 4 rings (SSSR count). The Morgan fingerprint density at radius 3 is 2.02 bits per heavy atom. The predicted octanol–water partition coefficient (Wildman–Crippen LogP) is 5.84. The van der Waals surface area contributed by atoms with Crippen molar-refractivity contribution in [2.45, 2.75) is 43.8 Å². The van der Waals surface area contributed by atoms with Gasteiger partial charge in [-0.1, -0.05) is 78.3 Å². The molecule has 4 aromatic rings. The van der Waals surface area contributed by atoms with E-state index in [-0.39, 0.29) is 29.6 Å². The third kappa shape index (κ3) is 8.21. The van der Waals surface area contributed by atoms with Gasteiger partial charge < -0.3 is 10.2 Å². The van der Waals surface area contributed by atoms with E-state index >= 15 is 0 Å². The largest absolute Gasteiger partial charge is 0.352 e. The van der Waals surface area contributed by atoms with E-state index in [9.17, 15) is 22.4 Å². The molecular weight excluding hydrogens is 589 g/mol. The summed E-state index contributed by atoms with van der Waals surface area (Å²) in [6.45, 7) is 2.94. The van der Waals surface area contributed by atoms with Gasteiger partial charge in [0.05, 0.1) is 10.6 Å². The minimum Gasteiger partial charge on any atom is -0.352 e. The molecule has 10 heteroatoms. The van der Waals surface area contributed by atoms with Gasteiger partial charge in [-0.3, -0.25) is 13.9 Å². The third-order valence-electron chi connectivity index (χ3n) is 6.73.